The lowest BCUT2D eigenvalue weighted by molar-refractivity contribution is 0.235. The van der Waals surface area contributed by atoms with Crippen LogP contribution in [-0.4, -0.2) is 69.4 Å². The van der Waals surface area contributed by atoms with Crippen molar-refractivity contribution < 1.29 is 14.3 Å². The average Bonchev–Trinajstić information content (AvgIpc) is 2.54. The molecule has 0 saturated heterocycles. The minimum absolute atomic E-state index is 0.486. The molecule has 128 valence electrons. The molecule has 0 aliphatic carbocycles. The number of isocyanates is 1. The van der Waals surface area contributed by atoms with Crippen molar-refractivity contribution in [3.8, 4) is 11.5 Å². The largest absolute Gasteiger partial charge is 0.492 e. The maximum Gasteiger partial charge on any atom is 0.240 e. The molecule has 0 heterocycles. The number of likely N-dealkylation sites (N-methyl/N-ethyl adjacent to an activating group) is 2. The van der Waals surface area contributed by atoms with E-state index in [2.05, 4.69) is 28.6 Å². The van der Waals surface area contributed by atoms with Crippen LogP contribution in [0.25, 0.3) is 0 Å². The number of ether oxygens (including phenoxy) is 2. The van der Waals surface area contributed by atoms with Gasteiger partial charge in [-0.25, -0.2) is 4.79 Å². The van der Waals surface area contributed by atoms with Crippen molar-refractivity contribution in [2.45, 2.75) is 13.8 Å². The normalized spacial score (nSPS) is 10.7. The molecule has 0 saturated carbocycles. The third kappa shape index (κ3) is 7.79. The smallest absolute Gasteiger partial charge is 0.240 e. The van der Waals surface area contributed by atoms with Gasteiger partial charge < -0.3 is 19.3 Å². The third-order valence-electron chi connectivity index (χ3n) is 3.60. The van der Waals surface area contributed by atoms with E-state index in [-0.39, 0.29) is 0 Å². The van der Waals surface area contributed by atoms with E-state index in [1.165, 1.54) is 0 Å². The molecule has 1 aromatic carbocycles. The molecule has 0 radical (unpaired) electrons. The highest BCUT2D eigenvalue weighted by molar-refractivity contribution is 5.55. The summed E-state index contributed by atoms with van der Waals surface area (Å²) in [4.78, 5) is 18.5. The Labute approximate surface area is 138 Å². The number of rotatable bonds is 11. The van der Waals surface area contributed by atoms with Crippen molar-refractivity contribution in [3.05, 3.63) is 18.2 Å². The van der Waals surface area contributed by atoms with Gasteiger partial charge in [-0.3, -0.25) is 0 Å². The standard InChI is InChI=1S/C17H27N3O3/c1-5-19(3)7-9-22-16-11-15(18-14-21)12-17(13-16)23-10-8-20(4)6-2/h11-13H,5-10H2,1-4H3. The van der Waals surface area contributed by atoms with Gasteiger partial charge in [-0.05, 0) is 27.2 Å². The maximum absolute atomic E-state index is 10.5. The van der Waals surface area contributed by atoms with Crippen molar-refractivity contribution in [1.29, 1.82) is 0 Å². The maximum atomic E-state index is 10.5. The summed E-state index contributed by atoms with van der Waals surface area (Å²) in [6.07, 6.45) is 1.55. The number of carbonyl (C=O) groups excluding carboxylic acids is 1. The fraction of sp³-hybridized carbons (Fsp3) is 0.588. The van der Waals surface area contributed by atoms with Gasteiger partial charge in [0.05, 0.1) is 5.69 Å². The van der Waals surface area contributed by atoms with Gasteiger partial charge in [0.15, 0.2) is 0 Å². The Hall–Kier alpha value is -1.88. The van der Waals surface area contributed by atoms with E-state index >= 15 is 0 Å². The van der Waals surface area contributed by atoms with E-state index in [9.17, 15) is 4.79 Å². The molecule has 0 aromatic heterocycles. The van der Waals surface area contributed by atoms with Gasteiger partial charge in [0.25, 0.3) is 0 Å². The van der Waals surface area contributed by atoms with Gasteiger partial charge in [-0.2, -0.15) is 4.99 Å². The first kappa shape index (κ1) is 19.2. The summed E-state index contributed by atoms with van der Waals surface area (Å²) in [6, 6.07) is 5.24. The van der Waals surface area contributed by atoms with Gasteiger partial charge in [-0.1, -0.05) is 13.8 Å². The van der Waals surface area contributed by atoms with Crippen LogP contribution in [-0.2, 0) is 4.79 Å². The van der Waals surface area contributed by atoms with Crippen LogP contribution in [0.1, 0.15) is 13.8 Å². The van der Waals surface area contributed by atoms with E-state index < -0.39 is 0 Å². The number of benzene rings is 1. The van der Waals surface area contributed by atoms with Crippen molar-refractivity contribution in [1.82, 2.24) is 9.80 Å². The van der Waals surface area contributed by atoms with Crippen LogP contribution in [0.5, 0.6) is 11.5 Å². The van der Waals surface area contributed by atoms with Crippen LogP contribution < -0.4 is 9.47 Å². The Morgan fingerprint density at radius 3 is 1.83 bits per heavy atom. The van der Waals surface area contributed by atoms with Gasteiger partial charge in [-0.15, -0.1) is 0 Å². The first-order chi connectivity index (χ1) is 11.1. The molecule has 0 unspecified atom stereocenters. The Morgan fingerprint density at radius 1 is 0.957 bits per heavy atom. The van der Waals surface area contributed by atoms with Crippen LogP contribution >= 0.6 is 0 Å². The van der Waals surface area contributed by atoms with Crippen molar-refractivity contribution in [2.24, 2.45) is 4.99 Å². The molecule has 23 heavy (non-hydrogen) atoms. The molecule has 0 fully saturated rings. The summed E-state index contributed by atoms with van der Waals surface area (Å²) >= 11 is 0. The first-order valence-electron chi connectivity index (χ1n) is 7.94. The zero-order chi connectivity index (χ0) is 17.1. The lowest BCUT2D eigenvalue weighted by Gasteiger charge is -2.16. The molecule has 0 atom stereocenters. The highest BCUT2D eigenvalue weighted by Crippen LogP contribution is 2.27. The predicted octanol–water partition coefficient (Wildman–Crippen LogP) is 2.31. The molecule has 0 N–H and O–H groups in total. The van der Waals surface area contributed by atoms with Crippen LogP contribution in [0.15, 0.2) is 23.2 Å². The Morgan fingerprint density at radius 2 is 1.43 bits per heavy atom. The number of hydrogen-bond donors (Lipinski definition) is 0. The van der Waals surface area contributed by atoms with Gasteiger partial charge >= 0.3 is 0 Å². The Bertz CT molecular complexity index is 482. The minimum Gasteiger partial charge on any atom is -0.492 e. The van der Waals surface area contributed by atoms with E-state index in [0.29, 0.717) is 30.4 Å². The van der Waals surface area contributed by atoms with Crippen LogP contribution in [0, 0.1) is 0 Å². The fourth-order valence-electron chi connectivity index (χ4n) is 1.80. The van der Waals surface area contributed by atoms with E-state index in [4.69, 9.17) is 9.47 Å². The lowest BCUT2D eigenvalue weighted by Crippen LogP contribution is -2.24. The lowest BCUT2D eigenvalue weighted by atomic mass is 10.3. The second-order valence-electron chi connectivity index (χ2n) is 5.35. The number of aliphatic imine (C=N–C) groups is 1. The topological polar surface area (TPSA) is 54.4 Å². The average molecular weight is 321 g/mol. The molecule has 0 aliphatic heterocycles. The molecule has 1 rings (SSSR count). The van der Waals surface area contributed by atoms with Gasteiger partial charge in [0.2, 0.25) is 6.08 Å². The Balaban J connectivity index is 2.67. The SMILES string of the molecule is CCN(C)CCOc1cc(N=C=O)cc(OCCN(C)CC)c1. The first-order valence-corrected chi connectivity index (χ1v) is 7.94. The summed E-state index contributed by atoms with van der Waals surface area (Å²) in [7, 11) is 4.07. The molecule has 0 amide bonds. The molecular formula is C17H27N3O3. The highest BCUT2D eigenvalue weighted by atomic mass is 16.5. The summed E-state index contributed by atoms with van der Waals surface area (Å²) in [5, 5.41) is 0. The molecular weight excluding hydrogens is 294 g/mol. The zero-order valence-corrected chi connectivity index (χ0v) is 14.5. The molecule has 0 spiro atoms. The van der Waals surface area contributed by atoms with E-state index in [1.807, 2.05) is 20.2 Å². The highest BCUT2D eigenvalue weighted by Gasteiger charge is 2.05. The minimum atomic E-state index is 0.486. The Kier molecular flexibility index (Phi) is 8.98. The van der Waals surface area contributed by atoms with Gasteiger partial charge in [0, 0.05) is 31.3 Å². The van der Waals surface area contributed by atoms with Crippen LogP contribution in [0.4, 0.5) is 5.69 Å². The molecule has 6 nitrogen and oxygen atoms in total. The molecule has 0 bridgehead atoms. The summed E-state index contributed by atoms with van der Waals surface area (Å²) in [5.74, 6) is 1.29. The number of nitrogens with zero attached hydrogens (tertiary/aromatic N) is 3. The van der Waals surface area contributed by atoms with Crippen LogP contribution in [0.3, 0.4) is 0 Å². The van der Waals surface area contributed by atoms with Crippen molar-refractivity contribution in [2.75, 3.05) is 53.5 Å². The molecule has 0 aliphatic rings. The predicted molar refractivity (Wildman–Crippen MR) is 91.6 cm³/mol. The van der Waals surface area contributed by atoms with Gasteiger partial charge in [0.1, 0.15) is 24.7 Å². The molecule has 6 heteroatoms. The second-order valence-corrected chi connectivity index (χ2v) is 5.35. The fourth-order valence-corrected chi connectivity index (χ4v) is 1.80. The van der Waals surface area contributed by atoms with Crippen molar-refractivity contribution >= 4 is 11.8 Å². The van der Waals surface area contributed by atoms with Crippen molar-refractivity contribution in [3.63, 3.8) is 0 Å². The second kappa shape index (κ2) is 10.8. The summed E-state index contributed by atoms with van der Waals surface area (Å²) in [5.41, 5.74) is 0.486. The summed E-state index contributed by atoms with van der Waals surface area (Å²) in [6.45, 7) is 8.92. The monoisotopic (exact) mass is 321 g/mol. The quantitative estimate of drug-likeness (QED) is 0.462. The molecule has 1 aromatic rings. The number of hydrogen-bond acceptors (Lipinski definition) is 6. The summed E-state index contributed by atoms with van der Waals surface area (Å²) < 4.78 is 11.5. The third-order valence-corrected chi connectivity index (χ3v) is 3.60. The van der Waals surface area contributed by atoms with E-state index in [1.54, 1.807) is 18.2 Å². The van der Waals surface area contributed by atoms with E-state index in [0.717, 1.165) is 26.2 Å². The zero-order valence-electron chi connectivity index (χ0n) is 14.5. The van der Waals surface area contributed by atoms with Crippen LogP contribution in [0.2, 0.25) is 0 Å².